The van der Waals surface area contributed by atoms with Crippen molar-refractivity contribution >= 4 is 39.7 Å². The maximum atomic E-state index is 13.8. The molecule has 0 saturated heterocycles. The highest BCUT2D eigenvalue weighted by Crippen LogP contribution is 2.36. The smallest absolute Gasteiger partial charge is 0.364 e. The number of amides is 2. The van der Waals surface area contributed by atoms with Crippen LogP contribution >= 0.6 is 11.3 Å². The van der Waals surface area contributed by atoms with Crippen LogP contribution in [-0.4, -0.2) is 26.6 Å². The van der Waals surface area contributed by atoms with Gasteiger partial charge in [0.2, 0.25) is 0 Å². The molecule has 172 valence electrons. The minimum absolute atomic E-state index is 0.0128. The standard InChI is InChI=1S/C22H15F3N6O2S/c1-11-18(19(22(23,24)25)30-31(11)10-13-7-6-12(9-26)34-13)29-21(33)15-8-17(20(27)32)28-16-5-3-2-4-14(15)16/h2-8H,10H2,1H3,(H2,27,32)(H,29,33). The zero-order chi connectivity index (χ0) is 24.6. The molecule has 0 aliphatic rings. The monoisotopic (exact) mass is 484 g/mol. The number of carbonyl (C=O) groups is 2. The third-order valence-electron chi connectivity index (χ3n) is 5.00. The van der Waals surface area contributed by atoms with E-state index in [4.69, 9.17) is 11.0 Å². The molecule has 0 unspecified atom stereocenters. The summed E-state index contributed by atoms with van der Waals surface area (Å²) in [5.74, 6) is -1.76. The molecule has 0 fully saturated rings. The first-order chi connectivity index (χ1) is 16.1. The first kappa shape index (κ1) is 22.9. The molecule has 8 nitrogen and oxygen atoms in total. The van der Waals surface area contributed by atoms with Gasteiger partial charge in [-0.25, -0.2) is 4.98 Å². The Balaban J connectivity index is 1.76. The van der Waals surface area contributed by atoms with Gasteiger partial charge in [-0.3, -0.25) is 14.3 Å². The fraction of sp³-hybridized carbons (Fsp3) is 0.136. The number of nitrogens with zero attached hydrogens (tertiary/aromatic N) is 4. The number of primary amides is 1. The lowest BCUT2D eigenvalue weighted by atomic mass is 10.1. The molecule has 0 radical (unpaired) electrons. The van der Waals surface area contributed by atoms with E-state index < -0.39 is 29.4 Å². The van der Waals surface area contributed by atoms with Crippen LogP contribution < -0.4 is 11.1 Å². The van der Waals surface area contributed by atoms with Gasteiger partial charge >= 0.3 is 6.18 Å². The summed E-state index contributed by atoms with van der Waals surface area (Å²) in [5.41, 5.74) is 3.65. The first-order valence-electron chi connectivity index (χ1n) is 9.73. The lowest BCUT2D eigenvalue weighted by molar-refractivity contribution is -0.140. The van der Waals surface area contributed by atoms with E-state index in [1.165, 1.54) is 6.92 Å². The SMILES string of the molecule is Cc1c(NC(=O)c2cc(C(N)=O)nc3ccccc23)c(C(F)(F)F)nn1Cc1ccc(C#N)s1. The van der Waals surface area contributed by atoms with E-state index in [1.54, 1.807) is 36.4 Å². The summed E-state index contributed by atoms with van der Waals surface area (Å²) in [5, 5.41) is 15.3. The second-order valence-electron chi connectivity index (χ2n) is 7.23. The zero-order valence-electron chi connectivity index (χ0n) is 17.5. The molecule has 0 aliphatic carbocycles. The molecular weight excluding hydrogens is 469 g/mol. The van der Waals surface area contributed by atoms with Crippen molar-refractivity contribution in [2.45, 2.75) is 19.6 Å². The van der Waals surface area contributed by atoms with E-state index in [9.17, 15) is 22.8 Å². The molecule has 4 aromatic rings. The van der Waals surface area contributed by atoms with Crippen LogP contribution in [0.15, 0.2) is 42.5 Å². The number of para-hydroxylation sites is 1. The van der Waals surface area contributed by atoms with E-state index >= 15 is 0 Å². The molecule has 1 aromatic carbocycles. The van der Waals surface area contributed by atoms with Gasteiger partial charge in [-0.1, -0.05) is 18.2 Å². The maximum absolute atomic E-state index is 13.8. The predicted octanol–water partition coefficient (Wildman–Crippen LogP) is 4.09. The Bertz CT molecular complexity index is 1480. The van der Waals surface area contributed by atoms with Gasteiger partial charge < -0.3 is 11.1 Å². The fourth-order valence-corrected chi connectivity index (χ4v) is 4.18. The molecule has 0 atom stereocenters. The Morgan fingerprint density at radius 1 is 1.24 bits per heavy atom. The number of benzene rings is 1. The molecule has 12 heteroatoms. The largest absolute Gasteiger partial charge is 0.437 e. The summed E-state index contributed by atoms with van der Waals surface area (Å²) in [6, 6.07) is 12.7. The van der Waals surface area contributed by atoms with Crippen molar-refractivity contribution in [1.29, 1.82) is 5.26 Å². The summed E-state index contributed by atoms with van der Waals surface area (Å²) in [7, 11) is 0. The third-order valence-corrected chi connectivity index (χ3v) is 5.98. The number of hydrogen-bond donors (Lipinski definition) is 2. The van der Waals surface area contributed by atoms with Crippen LogP contribution in [0.25, 0.3) is 10.9 Å². The average Bonchev–Trinajstić information content (AvgIpc) is 3.38. The molecule has 0 bridgehead atoms. The van der Waals surface area contributed by atoms with Crippen LogP contribution in [0.1, 0.15) is 42.0 Å². The lowest BCUT2D eigenvalue weighted by Gasteiger charge is -2.11. The van der Waals surface area contributed by atoms with E-state index in [2.05, 4.69) is 15.4 Å². The maximum Gasteiger partial charge on any atom is 0.437 e. The number of hydrogen-bond acceptors (Lipinski definition) is 6. The summed E-state index contributed by atoms with van der Waals surface area (Å²) in [6.07, 6.45) is -4.84. The Hall–Kier alpha value is -4.24. The normalized spacial score (nSPS) is 11.4. The van der Waals surface area contributed by atoms with Crippen molar-refractivity contribution < 1.29 is 22.8 Å². The zero-order valence-corrected chi connectivity index (χ0v) is 18.3. The number of nitriles is 1. The molecule has 0 spiro atoms. The van der Waals surface area contributed by atoms with Crippen LogP contribution in [-0.2, 0) is 12.7 Å². The summed E-state index contributed by atoms with van der Waals surface area (Å²) in [6.45, 7) is 1.39. The van der Waals surface area contributed by atoms with Gasteiger partial charge in [-0.05, 0) is 31.2 Å². The van der Waals surface area contributed by atoms with Crippen LogP contribution in [0.2, 0.25) is 0 Å². The van der Waals surface area contributed by atoms with Crippen molar-refractivity contribution in [3.63, 3.8) is 0 Å². The Labute approximate surface area is 194 Å². The van der Waals surface area contributed by atoms with Gasteiger partial charge in [0, 0.05) is 10.3 Å². The topological polar surface area (TPSA) is 127 Å². The molecule has 34 heavy (non-hydrogen) atoms. The second-order valence-corrected chi connectivity index (χ2v) is 8.40. The van der Waals surface area contributed by atoms with Gasteiger partial charge in [0.15, 0.2) is 5.69 Å². The van der Waals surface area contributed by atoms with Gasteiger partial charge in [-0.2, -0.15) is 23.5 Å². The van der Waals surface area contributed by atoms with E-state index in [-0.39, 0.29) is 23.5 Å². The molecule has 0 saturated carbocycles. The minimum atomic E-state index is -4.84. The number of anilines is 1. The van der Waals surface area contributed by atoms with Crippen LogP contribution in [0, 0.1) is 18.3 Å². The summed E-state index contributed by atoms with van der Waals surface area (Å²) >= 11 is 1.13. The first-order valence-corrected chi connectivity index (χ1v) is 10.5. The van der Waals surface area contributed by atoms with Gasteiger partial charge in [0.25, 0.3) is 11.8 Å². The Morgan fingerprint density at radius 2 is 1.97 bits per heavy atom. The highest BCUT2D eigenvalue weighted by atomic mass is 32.1. The van der Waals surface area contributed by atoms with Gasteiger partial charge in [-0.15, -0.1) is 11.3 Å². The highest BCUT2D eigenvalue weighted by molar-refractivity contribution is 7.12. The van der Waals surface area contributed by atoms with Crippen molar-refractivity contribution in [3.05, 3.63) is 74.9 Å². The van der Waals surface area contributed by atoms with Crippen molar-refractivity contribution in [1.82, 2.24) is 14.8 Å². The molecular formula is C22H15F3N6O2S. The lowest BCUT2D eigenvalue weighted by Crippen LogP contribution is -2.19. The molecule has 0 aliphatic heterocycles. The number of halogens is 3. The van der Waals surface area contributed by atoms with Gasteiger partial charge in [0.1, 0.15) is 16.6 Å². The fourth-order valence-electron chi connectivity index (χ4n) is 3.39. The molecule has 3 aromatic heterocycles. The number of pyridine rings is 1. The summed E-state index contributed by atoms with van der Waals surface area (Å²) < 4.78 is 42.4. The number of nitrogens with two attached hydrogens (primary N) is 1. The van der Waals surface area contributed by atoms with Crippen LogP contribution in [0.5, 0.6) is 0 Å². The summed E-state index contributed by atoms with van der Waals surface area (Å²) in [4.78, 5) is 29.9. The highest BCUT2D eigenvalue weighted by Gasteiger charge is 2.39. The number of rotatable bonds is 5. The predicted molar refractivity (Wildman–Crippen MR) is 118 cm³/mol. The molecule has 3 N–H and O–H groups in total. The number of alkyl halides is 3. The van der Waals surface area contributed by atoms with Crippen molar-refractivity contribution in [2.24, 2.45) is 5.73 Å². The number of aromatic nitrogens is 3. The van der Waals surface area contributed by atoms with Gasteiger partial charge in [0.05, 0.1) is 29.0 Å². The molecule has 4 rings (SSSR count). The Kier molecular flexibility index (Phi) is 5.80. The van der Waals surface area contributed by atoms with E-state index in [1.807, 2.05) is 6.07 Å². The number of nitrogens with one attached hydrogen (secondary N) is 1. The van der Waals surface area contributed by atoms with Crippen LogP contribution in [0.4, 0.5) is 18.9 Å². The Morgan fingerprint density at radius 3 is 2.62 bits per heavy atom. The number of thiophene rings is 1. The van der Waals surface area contributed by atoms with Crippen molar-refractivity contribution in [2.75, 3.05) is 5.32 Å². The minimum Gasteiger partial charge on any atom is -0.364 e. The second kappa shape index (κ2) is 8.60. The number of carbonyl (C=O) groups excluding carboxylic acids is 2. The number of fused-ring (bicyclic) bond motifs is 1. The van der Waals surface area contributed by atoms with Crippen molar-refractivity contribution in [3.8, 4) is 6.07 Å². The van der Waals surface area contributed by atoms with E-state index in [0.29, 0.717) is 20.7 Å². The van der Waals surface area contributed by atoms with E-state index in [0.717, 1.165) is 22.1 Å². The molecule has 3 heterocycles. The quantitative estimate of drug-likeness (QED) is 0.441. The molecule has 2 amide bonds. The third kappa shape index (κ3) is 4.33. The van der Waals surface area contributed by atoms with Crippen LogP contribution in [0.3, 0.4) is 0 Å². The average molecular weight is 484 g/mol.